The Kier molecular flexibility index (Phi) is 35.7. The molecule has 0 spiro atoms. The predicted octanol–water partition coefficient (Wildman–Crippen LogP) is 30.2. The summed E-state index contributed by atoms with van der Waals surface area (Å²) in [6.07, 6.45) is 13.9. The average molecular weight is 2010 g/mol. The van der Waals surface area contributed by atoms with Gasteiger partial charge in [-0.1, -0.05) is 254 Å². The van der Waals surface area contributed by atoms with Crippen LogP contribution in [0.1, 0.15) is 188 Å². The number of ether oxygens (including phenoxy) is 6. The van der Waals surface area contributed by atoms with E-state index in [1.165, 1.54) is 99.8 Å². The van der Waals surface area contributed by atoms with Gasteiger partial charge in [-0.05, 0) is 325 Å². The quantitative estimate of drug-likeness (QED) is 0.0346. The van der Waals surface area contributed by atoms with E-state index in [1.54, 1.807) is 0 Å². The summed E-state index contributed by atoms with van der Waals surface area (Å²) in [6, 6.07) is 104. The van der Waals surface area contributed by atoms with Crippen LogP contribution in [0.25, 0.3) is 22.3 Å². The standard InChI is InChI=1S/C48H55NO4.C34H45B2NO4.C22H21Br2N.C13H17BrO2/c1-4-7-8-37-13-23-44(24-14-37)49(45-25-19-42(20-26-45)40-15-9-38(10-16-40)29-50-31-47(5-2)33-52-34-47)46-27-21-43(22-28-46)41-17-11-39(12-18-41)30-51-32-48(6-3)35-53-36-48;1-10-11-12-25-13-19-28(20-14-25)37(29-21-15-26(16-22-29)35-38-31(2,3)32(4,5)39-35)30-23-17-27(18-24-30)36-40-33(6,7)34(8,9)41-36;1-2-3-4-17-5-11-20(12-6-17)25(21-13-7-18(23)8-14-21)22-15-9-19(24)10-16-22;1-2-13(9-16-10-13)8-15-7-11-3-5-12(14)6-4-11/h9-28H,4-8,29-36H2,1-3H3;13-24H,10-12H2,1-9H3;5-16H,2-4H2,1H3;3-6H,2,7-10H2,1H3. The number of anilines is 9. The van der Waals surface area contributed by atoms with Crippen LogP contribution in [0.5, 0.6) is 0 Å². The van der Waals surface area contributed by atoms with Gasteiger partial charge in [0.2, 0.25) is 0 Å². The van der Waals surface area contributed by atoms with Crippen molar-refractivity contribution in [3.63, 3.8) is 0 Å². The van der Waals surface area contributed by atoms with Crippen LogP contribution in [-0.2, 0) is 86.1 Å². The molecule has 135 heavy (non-hydrogen) atoms. The highest BCUT2D eigenvalue weighted by Gasteiger charge is 2.53. The van der Waals surface area contributed by atoms with Gasteiger partial charge in [-0.15, -0.1) is 0 Å². The first-order chi connectivity index (χ1) is 65.1. The Morgan fingerprint density at radius 1 is 0.252 bits per heavy atom. The molecule has 12 aromatic rings. The molecule has 0 aliphatic carbocycles. The minimum absolute atomic E-state index is 0.209. The van der Waals surface area contributed by atoms with Crippen molar-refractivity contribution in [1.82, 2.24) is 0 Å². The van der Waals surface area contributed by atoms with Crippen molar-refractivity contribution >= 4 is 124 Å². The predicted molar refractivity (Wildman–Crippen MR) is 571 cm³/mol. The monoisotopic (exact) mass is 2000 g/mol. The first-order valence-corrected chi connectivity index (χ1v) is 51.2. The number of rotatable bonds is 37. The summed E-state index contributed by atoms with van der Waals surface area (Å²) in [7, 11) is -0.779. The lowest BCUT2D eigenvalue weighted by Gasteiger charge is -2.40. The highest BCUT2D eigenvalue weighted by atomic mass is 79.9. The molecule has 5 heterocycles. The number of halogens is 3. The lowest BCUT2D eigenvalue weighted by molar-refractivity contribution is -0.152. The molecule has 0 atom stereocenters. The van der Waals surface area contributed by atoms with Crippen molar-refractivity contribution in [2.75, 3.05) is 74.2 Å². The minimum atomic E-state index is -0.389. The first kappa shape index (κ1) is 102. The summed E-state index contributed by atoms with van der Waals surface area (Å²) < 4.78 is 62.6. The van der Waals surface area contributed by atoms with E-state index in [1.807, 2.05) is 12.1 Å². The van der Waals surface area contributed by atoms with Gasteiger partial charge >= 0.3 is 14.2 Å². The molecule has 17 rings (SSSR count). The van der Waals surface area contributed by atoms with Gasteiger partial charge in [-0.3, -0.25) is 0 Å². The largest absolute Gasteiger partial charge is 0.494 e. The molecular formula is C117H138B2Br3N3O10. The van der Waals surface area contributed by atoms with Gasteiger partial charge in [-0.2, -0.15) is 0 Å². The molecular weight excluding hydrogens is 1870 g/mol. The van der Waals surface area contributed by atoms with Gasteiger partial charge < -0.3 is 61.7 Å². The Morgan fingerprint density at radius 3 is 0.644 bits per heavy atom. The highest BCUT2D eigenvalue weighted by molar-refractivity contribution is 9.11. The Balaban J connectivity index is 0.000000157. The van der Waals surface area contributed by atoms with E-state index in [0.29, 0.717) is 19.8 Å². The molecule has 0 aromatic heterocycles. The van der Waals surface area contributed by atoms with Gasteiger partial charge in [-0.25, -0.2) is 0 Å². The zero-order valence-electron chi connectivity index (χ0n) is 81.9. The second-order valence-electron chi connectivity index (χ2n) is 39.3. The van der Waals surface area contributed by atoms with E-state index >= 15 is 0 Å². The van der Waals surface area contributed by atoms with E-state index in [0.717, 1.165) is 168 Å². The summed E-state index contributed by atoms with van der Waals surface area (Å²) in [5.41, 5.74) is 23.9. The lowest BCUT2D eigenvalue weighted by Crippen LogP contribution is -2.45. The van der Waals surface area contributed by atoms with Crippen molar-refractivity contribution in [1.29, 1.82) is 0 Å². The fraction of sp³-hybridized carbons (Fsp3) is 0.385. The van der Waals surface area contributed by atoms with E-state index in [4.69, 9.17) is 47.0 Å². The number of hydrogen-bond acceptors (Lipinski definition) is 13. The third-order valence-corrected chi connectivity index (χ3v) is 29.6. The second-order valence-corrected chi connectivity index (χ2v) is 42.0. The molecule has 12 aromatic carbocycles. The third kappa shape index (κ3) is 26.6. The van der Waals surface area contributed by atoms with E-state index in [-0.39, 0.29) is 52.9 Å². The van der Waals surface area contributed by atoms with Crippen LogP contribution < -0.4 is 25.6 Å². The number of aryl methyl sites for hydroxylation is 3. The van der Waals surface area contributed by atoms with Crippen LogP contribution in [0.4, 0.5) is 51.2 Å². The topological polar surface area (TPSA) is 102 Å². The number of unbranched alkanes of at least 4 members (excludes halogenated alkanes) is 3. The Bertz CT molecular complexity index is 5340. The zero-order valence-corrected chi connectivity index (χ0v) is 86.7. The van der Waals surface area contributed by atoms with Crippen LogP contribution in [0.15, 0.2) is 305 Å². The summed E-state index contributed by atoms with van der Waals surface area (Å²) in [5, 5.41) is 0. The summed E-state index contributed by atoms with van der Waals surface area (Å²) in [6.45, 7) is 39.2. The maximum absolute atomic E-state index is 6.30. The Labute approximate surface area is 831 Å². The van der Waals surface area contributed by atoms with Crippen LogP contribution in [-0.4, -0.2) is 96.1 Å². The number of benzene rings is 12. The summed E-state index contributed by atoms with van der Waals surface area (Å²) in [4.78, 5) is 6.92. The molecule has 13 nitrogen and oxygen atoms in total. The fourth-order valence-electron chi connectivity index (χ4n) is 16.9. The van der Waals surface area contributed by atoms with Crippen LogP contribution >= 0.6 is 47.8 Å². The fourth-order valence-corrected chi connectivity index (χ4v) is 17.7. The molecule has 0 N–H and O–H groups in total. The highest BCUT2D eigenvalue weighted by Crippen LogP contribution is 2.44. The van der Waals surface area contributed by atoms with E-state index in [2.05, 4.69) is 438 Å². The molecule has 5 aliphatic rings. The normalized spacial score (nSPS) is 16.5. The van der Waals surface area contributed by atoms with Gasteiger partial charge in [0.25, 0.3) is 0 Å². The molecule has 0 amide bonds. The molecule has 0 bridgehead atoms. The van der Waals surface area contributed by atoms with E-state index in [9.17, 15) is 0 Å². The van der Waals surface area contributed by atoms with Gasteiger partial charge in [0.15, 0.2) is 0 Å². The SMILES string of the molecule is CCC1(COCc2ccc(Br)cc2)COC1.CCCCc1ccc(N(c2ccc(-c3ccc(COCC4(CC)COC4)cc3)cc2)c2ccc(-c3ccc(COCC4(CC)COC4)cc3)cc2)cc1.CCCCc1ccc(N(c2ccc(B3OC(C)(C)C(C)(C)O3)cc2)c2ccc(B3OC(C)(C)C(C)(C)O3)cc2)cc1.CCCCc1ccc(N(c2ccc(Br)cc2)c2ccc(Br)cc2)cc1. The molecule has 5 saturated heterocycles. The number of nitrogens with zero attached hydrogens (tertiary/aromatic N) is 3. The van der Waals surface area contributed by atoms with Crippen LogP contribution in [0, 0.1) is 16.2 Å². The molecule has 0 radical (unpaired) electrons. The molecule has 0 saturated carbocycles. The molecule has 0 unspecified atom stereocenters. The van der Waals surface area contributed by atoms with Crippen molar-refractivity contribution in [2.45, 2.75) is 216 Å². The maximum Gasteiger partial charge on any atom is 0.494 e. The smallest absolute Gasteiger partial charge is 0.399 e. The summed E-state index contributed by atoms with van der Waals surface area (Å²) >= 11 is 10.5. The van der Waals surface area contributed by atoms with Gasteiger partial charge in [0.1, 0.15) is 0 Å². The summed E-state index contributed by atoms with van der Waals surface area (Å²) in [5.74, 6) is 0. The Morgan fingerprint density at radius 2 is 0.437 bits per heavy atom. The number of hydrogen-bond donors (Lipinski definition) is 0. The van der Waals surface area contributed by atoms with Crippen molar-refractivity contribution < 1.29 is 47.0 Å². The third-order valence-electron chi connectivity index (χ3n) is 28.0. The molecule has 708 valence electrons. The first-order valence-electron chi connectivity index (χ1n) is 48.8. The lowest BCUT2D eigenvalue weighted by atomic mass is 9.79. The van der Waals surface area contributed by atoms with Crippen molar-refractivity contribution in [2.24, 2.45) is 16.2 Å². The Hall–Kier alpha value is -8.79. The zero-order chi connectivity index (χ0) is 95.2. The van der Waals surface area contributed by atoms with Gasteiger partial charge in [0, 0.05) is 80.8 Å². The van der Waals surface area contributed by atoms with Crippen molar-refractivity contribution in [3.8, 4) is 22.3 Å². The molecule has 5 fully saturated rings. The molecule has 18 heteroatoms. The van der Waals surface area contributed by atoms with Crippen LogP contribution in [0.3, 0.4) is 0 Å². The minimum Gasteiger partial charge on any atom is -0.399 e. The van der Waals surface area contributed by atoms with E-state index < -0.39 is 0 Å². The van der Waals surface area contributed by atoms with Crippen LogP contribution in [0.2, 0.25) is 0 Å². The molecule has 5 aliphatic heterocycles. The van der Waals surface area contributed by atoms with Gasteiger partial charge in [0.05, 0.1) is 102 Å². The maximum atomic E-state index is 6.30. The second kappa shape index (κ2) is 47.2. The van der Waals surface area contributed by atoms with Crippen molar-refractivity contribution in [3.05, 3.63) is 338 Å². The average Bonchev–Trinajstić information content (AvgIpc) is 1.61.